The SMILES string of the molecule is CCC(C)(NC(=O)CCn1nc(C)c([N+](=O)[O-])c1C)C(=O)O. The van der Waals surface area contributed by atoms with Gasteiger partial charge in [-0.1, -0.05) is 6.92 Å². The van der Waals surface area contributed by atoms with Crippen LogP contribution >= 0.6 is 0 Å². The smallest absolute Gasteiger partial charge is 0.329 e. The van der Waals surface area contributed by atoms with Crippen LogP contribution in [-0.2, 0) is 16.1 Å². The van der Waals surface area contributed by atoms with Gasteiger partial charge in [-0.2, -0.15) is 5.10 Å². The lowest BCUT2D eigenvalue weighted by Crippen LogP contribution is -2.51. The molecule has 0 saturated carbocycles. The van der Waals surface area contributed by atoms with Crippen molar-refractivity contribution in [1.29, 1.82) is 0 Å². The van der Waals surface area contributed by atoms with Crippen molar-refractivity contribution in [2.45, 2.75) is 52.6 Å². The molecule has 1 atom stereocenters. The lowest BCUT2D eigenvalue weighted by molar-refractivity contribution is -0.386. The Balaban J connectivity index is 2.75. The molecule has 0 aliphatic rings. The van der Waals surface area contributed by atoms with Crippen LogP contribution in [0.25, 0.3) is 0 Å². The van der Waals surface area contributed by atoms with Gasteiger partial charge in [-0.05, 0) is 27.2 Å². The number of amides is 1. The molecule has 0 aromatic carbocycles. The lowest BCUT2D eigenvalue weighted by atomic mass is 9.99. The Morgan fingerprint density at radius 1 is 1.45 bits per heavy atom. The second-order valence-corrected chi connectivity index (χ2v) is 5.29. The second-order valence-electron chi connectivity index (χ2n) is 5.29. The van der Waals surface area contributed by atoms with E-state index >= 15 is 0 Å². The molecule has 0 bridgehead atoms. The minimum absolute atomic E-state index is 0.0119. The number of aliphatic carboxylic acids is 1. The number of carbonyl (C=O) groups is 2. The summed E-state index contributed by atoms with van der Waals surface area (Å²) in [6.45, 7) is 6.33. The Morgan fingerprint density at radius 3 is 2.45 bits per heavy atom. The van der Waals surface area contributed by atoms with Crippen LogP contribution in [-0.4, -0.2) is 37.2 Å². The number of hydrogen-bond donors (Lipinski definition) is 2. The number of rotatable bonds is 7. The molecule has 1 aromatic rings. The average Bonchev–Trinajstić information content (AvgIpc) is 2.70. The van der Waals surface area contributed by atoms with Crippen LogP contribution in [0, 0.1) is 24.0 Å². The summed E-state index contributed by atoms with van der Waals surface area (Å²) in [5.41, 5.74) is -0.735. The zero-order valence-corrected chi connectivity index (χ0v) is 13.0. The predicted molar refractivity (Wildman–Crippen MR) is 77.4 cm³/mol. The van der Waals surface area contributed by atoms with Crippen molar-refractivity contribution in [2.24, 2.45) is 0 Å². The molecule has 1 amide bonds. The molecule has 9 nitrogen and oxygen atoms in total. The van der Waals surface area contributed by atoms with Crippen molar-refractivity contribution in [3.63, 3.8) is 0 Å². The van der Waals surface area contributed by atoms with Gasteiger partial charge in [0, 0.05) is 6.42 Å². The maximum absolute atomic E-state index is 11.9. The third kappa shape index (κ3) is 3.60. The number of carboxylic acid groups (broad SMARTS) is 1. The molecule has 0 aliphatic carbocycles. The minimum atomic E-state index is -1.32. The predicted octanol–water partition coefficient (Wildman–Crippen LogP) is 1.17. The Morgan fingerprint density at radius 2 is 2.05 bits per heavy atom. The Hall–Kier alpha value is -2.45. The first-order valence-corrected chi connectivity index (χ1v) is 6.85. The first-order valence-electron chi connectivity index (χ1n) is 6.85. The Bertz CT molecular complexity index is 610. The summed E-state index contributed by atoms with van der Waals surface area (Å²) in [6.07, 6.45) is 0.238. The van der Waals surface area contributed by atoms with E-state index in [4.69, 9.17) is 5.11 Å². The van der Waals surface area contributed by atoms with Crippen LogP contribution < -0.4 is 5.32 Å². The molecule has 1 heterocycles. The molecular formula is C13H20N4O5. The van der Waals surface area contributed by atoms with Gasteiger partial charge in [-0.15, -0.1) is 0 Å². The fourth-order valence-corrected chi connectivity index (χ4v) is 2.04. The number of carboxylic acids is 1. The maximum atomic E-state index is 11.9. The van der Waals surface area contributed by atoms with Crippen LogP contribution in [0.1, 0.15) is 38.1 Å². The van der Waals surface area contributed by atoms with E-state index in [1.165, 1.54) is 18.5 Å². The number of nitrogens with zero attached hydrogens (tertiary/aromatic N) is 3. The summed E-state index contributed by atoms with van der Waals surface area (Å²) in [4.78, 5) is 33.4. The molecule has 22 heavy (non-hydrogen) atoms. The Kier molecular flexibility index (Phi) is 5.23. The van der Waals surface area contributed by atoms with Gasteiger partial charge in [-0.25, -0.2) is 4.79 Å². The van der Waals surface area contributed by atoms with Crippen LogP contribution in [0.5, 0.6) is 0 Å². The fraction of sp³-hybridized carbons (Fsp3) is 0.615. The first-order chi connectivity index (χ1) is 10.1. The zero-order valence-electron chi connectivity index (χ0n) is 13.0. The average molecular weight is 312 g/mol. The molecule has 0 radical (unpaired) electrons. The van der Waals surface area contributed by atoms with E-state index in [0.29, 0.717) is 5.69 Å². The molecule has 1 aromatic heterocycles. The molecule has 0 fully saturated rings. The van der Waals surface area contributed by atoms with Crippen LogP contribution in [0.3, 0.4) is 0 Å². The highest BCUT2D eigenvalue weighted by atomic mass is 16.6. The third-order valence-corrected chi connectivity index (χ3v) is 3.67. The summed E-state index contributed by atoms with van der Waals surface area (Å²) in [5.74, 6) is -1.55. The number of hydrogen-bond acceptors (Lipinski definition) is 5. The van der Waals surface area contributed by atoms with Gasteiger partial charge < -0.3 is 10.4 Å². The van der Waals surface area contributed by atoms with Crippen molar-refractivity contribution < 1.29 is 19.6 Å². The van der Waals surface area contributed by atoms with E-state index < -0.39 is 22.3 Å². The van der Waals surface area contributed by atoms with E-state index in [-0.39, 0.29) is 30.8 Å². The highest BCUT2D eigenvalue weighted by molar-refractivity contribution is 5.86. The van der Waals surface area contributed by atoms with E-state index in [2.05, 4.69) is 10.4 Å². The molecule has 2 N–H and O–H groups in total. The van der Waals surface area contributed by atoms with Gasteiger partial charge in [0.15, 0.2) is 0 Å². The Labute approximate surface area is 127 Å². The van der Waals surface area contributed by atoms with Crippen molar-refractivity contribution in [3.8, 4) is 0 Å². The maximum Gasteiger partial charge on any atom is 0.329 e. The molecule has 0 aliphatic heterocycles. The van der Waals surface area contributed by atoms with E-state index in [0.717, 1.165) is 0 Å². The van der Waals surface area contributed by atoms with Gasteiger partial charge >= 0.3 is 11.7 Å². The molecule has 122 valence electrons. The van der Waals surface area contributed by atoms with Crippen LogP contribution in [0.2, 0.25) is 0 Å². The molecule has 0 saturated heterocycles. The number of aromatic nitrogens is 2. The largest absolute Gasteiger partial charge is 0.480 e. The number of carbonyl (C=O) groups excluding carboxylic acids is 1. The topological polar surface area (TPSA) is 127 Å². The van der Waals surface area contributed by atoms with E-state index in [1.807, 2.05) is 0 Å². The normalized spacial score (nSPS) is 13.5. The third-order valence-electron chi connectivity index (χ3n) is 3.67. The van der Waals surface area contributed by atoms with Crippen LogP contribution in [0.4, 0.5) is 5.69 Å². The number of nitro groups is 1. The zero-order chi connectivity index (χ0) is 17.1. The second kappa shape index (κ2) is 6.54. The van der Waals surface area contributed by atoms with Gasteiger partial charge in [0.1, 0.15) is 16.9 Å². The molecule has 1 rings (SSSR count). The van der Waals surface area contributed by atoms with Gasteiger partial charge in [0.05, 0.1) is 11.5 Å². The molecular weight excluding hydrogens is 292 g/mol. The highest BCUT2D eigenvalue weighted by Gasteiger charge is 2.32. The van der Waals surface area contributed by atoms with Gasteiger partial charge in [0.2, 0.25) is 5.91 Å². The van der Waals surface area contributed by atoms with Crippen LogP contribution in [0.15, 0.2) is 0 Å². The van der Waals surface area contributed by atoms with E-state index in [9.17, 15) is 19.7 Å². The van der Waals surface area contributed by atoms with Gasteiger partial charge in [0.25, 0.3) is 0 Å². The molecule has 0 spiro atoms. The monoisotopic (exact) mass is 312 g/mol. The highest BCUT2D eigenvalue weighted by Crippen LogP contribution is 2.21. The summed E-state index contributed by atoms with van der Waals surface area (Å²) < 4.78 is 1.39. The summed E-state index contributed by atoms with van der Waals surface area (Å²) in [7, 11) is 0. The van der Waals surface area contributed by atoms with Gasteiger partial charge in [-0.3, -0.25) is 19.6 Å². The quantitative estimate of drug-likeness (QED) is 0.574. The van der Waals surface area contributed by atoms with Crippen molar-refractivity contribution in [2.75, 3.05) is 0 Å². The standard InChI is InChI=1S/C13H20N4O5/c1-5-13(4,12(19)20)14-10(18)6-7-16-9(3)11(17(21)22)8(2)15-16/h5-7H2,1-4H3,(H,14,18)(H,19,20). The van der Waals surface area contributed by atoms with Crippen molar-refractivity contribution in [1.82, 2.24) is 15.1 Å². The summed E-state index contributed by atoms with van der Waals surface area (Å²) in [6, 6.07) is 0. The molecule has 1 unspecified atom stereocenters. The van der Waals surface area contributed by atoms with Crippen molar-refractivity contribution >= 4 is 17.6 Å². The first kappa shape index (κ1) is 17.6. The molecule has 9 heteroatoms. The lowest BCUT2D eigenvalue weighted by Gasteiger charge is -2.24. The van der Waals surface area contributed by atoms with Crippen molar-refractivity contribution in [3.05, 3.63) is 21.5 Å². The fourth-order valence-electron chi connectivity index (χ4n) is 2.04. The van der Waals surface area contributed by atoms with E-state index in [1.54, 1.807) is 13.8 Å². The summed E-state index contributed by atoms with van der Waals surface area (Å²) in [5, 5.41) is 26.5. The number of aryl methyl sites for hydroxylation is 2. The summed E-state index contributed by atoms with van der Waals surface area (Å²) >= 11 is 0. The number of nitrogens with one attached hydrogen (secondary N) is 1. The minimum Gasteiger partial charge on any atom is -0.480 e.